The molecule has 1 aromatic heterocycles. The van der Waals surface area contributed by atoms with Crippen LogP contribution < -0.4 is 5.32 Å². The van der Waals surface area contributed by atoms with Gasteiger partial charge < -0.3 is 5.32 Å². The van der Waals surface area contributed by atoms with Gasteiger partial charge >= 0.3 is 0 Å². The van der Waals surface area contributed by atoms with Crippen LogP contribution >= 0.6 is 11.6 Å². The van der Waals surface area contributed by atoms with Crippen molar-refractivity contribution in [1.82, 2.24) is 9.78 Å². The predicted octanol–water partition coefficient (Wildman–Crippen LogP) is 4.45. The van der Waals surface area contributed by atoms with Gasteiger partial charge in [-0.25, -0.2) is 0 Å². The molecule has 3 rings (SSSR count). The van der Waals surface area contributed by atoms with Gasteiger partial charge in [0.1, 0.15) is 0 Å². The molecule has 0 radical (unpaired) electrons. The van der Waals surface area contributed by atoms with Gasteiger partial charge in [-0.1, -0.05) is 48.0 Å². The van der Waals surface area contributed by atoms with Gasteiger partial charge in [0.05, 0.1) is 17.8 Å². The van der Waals surface area contributed by atoms with Crippen molar-refractivity contribution >= 4 is 23.2 Å². The molecule has 122 valence electrons. The smallest absolute Gasteiger partial charge is 0.259 e. The fourth-order valence-electron chi connectivity index (χ4n) is 2.70. The second-order valence-electron chi connectivity index (χ2n) is 5.65. The number of halogens is 1. The number of hydrogen-bond acceptors (Lipinski definition) is 2. The van der Waals surface area contributed by atoms with Crippen LogP contribution in [0.3, 0.4) is 0 Å². The van der Waals surface area contributed by atoms with E-state index in [1.807, 2.05) is 54.9 Å². The van der Waals surface area contributed by atoms with Gasteiger partial charge in [0.25, 0.3) is 5.91 Å². The summed E-state index contributed by atoms with van der Waals surface area (Å²) in [6.07, 6.45) is 0. The van der Waals surface area contributed by atoms with Crippen LogP contribution in [0.5, 0.6) is 0 Å². The Bertz CT molecular complexity index is 872. The number of carbonyl (C=O) groups excluding carboxylic acids is 1. The van der Waals surface area contributed by atoms with Crippen LogP contribution in [-0.2, 0) is 6.54 Å². The number of aromatic nitrogens is 2. The van der Waals surface area contributed by atoms with E-state index in [2.05, 4.69) is 10.4 Å². The van der Waals surface area contributed by atoms with E-state index >= 15 is 0 Å². The molecule has 0 aliphatic rings. The van der Waals surface area contributed by atoms with Gasteiger partial charge in [0.15, 0.2) is 0 Å². The third-order valence-corrected chi connectivity index (χ3v) is 4.10. The molecule has 0 saturated heterocycles. The van der Waals surface area contributed by atoms with E-state index in [-0.39, 0.29) is 5.91 Å². The van der Waals surface area contributed by atoms with Gasteiger partial charge in [-0.3, -0.25) is 9.48 Å². The summed E-state index contributed by atoms with van der Waals surface area (Å²) < 4.78 is 1.86. The Morgan fingerprint density at radius 2 is 1.88 bits per heavy atom. The number of nitrogens with one attached hydrogen (secondary N) is 1. The molecule has 1 N–H and O–H groups in total. The summed E-state index contributed by atoms with van der Waals surface area (Å²) in [6.45, 7) is 4.40. The first kappa shape index (κ1) is 16.3. The Balaban J connectivity index is 1.84. The lowest BCUT2D eigenvalue weighted by Crippen LogP contribution is -2.14. The molecule has 0 saturated carbocycles. The molecule has 0 unspecified atom stereocenters. The van der Waals surface area contributed by atoms with Crippen LogP contribution in [0, 0.1) is 13.8 Å². The van der Waals surface area contributed by atoms with Crippen molar-refractivity contribution < 1.29 is 4.79 Å². The Morgan fingerprint density at radius 1 is 1.12 bits per heavy atom. The molecule has 0 atom stereocenters. The van der Waals surface area contributed by atoms with Crippen LogP contribution in [-0.4, -0.2) is 15.7 Å². The number of rotatable bonds is 4. The summed E-state index contributed by atoms with van der Waals surface area (Å²) in [4.78, 5) is 12.6. The van der Waals surface area contributed by atoms with E-state index in [1.54, 1.807) is 18.2 Å². The lowest BCUT2D eigenvalue weighted by molar-refractivity contribution is 0.102. The maximum Gasteiger partial charge on any atom is 0.259 e. The number of hydrogen-bond donors (Lipinski definition) is 1. The SMILES string of the molecule is Cc1nn(Cc2ccccc2)c(C)c1C(=O)Nc1cccc(Cl)c1. The molecule has 1 heterocycles. The molecular formula is C19H18ClN3O. The largest absolute Gasteiger partial charge is 0.322 e. The number of benzene rings is 2. The summed E-state index contributed by atoms with van der Waals surface area (Å²) in [6, 6.07) is 17.2. The number of anilines is 1. The average Bonchev–Trinajstić information content (AvgIpc) is 2.82. The zero-order chi connectivity index (χ0) is 17.1. The fourth-order valence-corrected chi connectivity index (χ4v) is 2.89. The first-order chi connectivity index (χ1) is 11.5. The molecule has 2 aromatic carbocycles. The van der Waals surface area contributed by atoms with Crippen LogP contribution in [0.15, 0.2) is 54.6 Å². The second-order valence-corrected chi connectivity index (χ2v) is 6.09. The maximum atomic E-state index is 12.6. The summed E-state index contributed by atoms with van der Waals surface area (Å²) >= 11 is 5.96. The van der Waals surface area contributed by atoms with Gasteiger partial charge in [0, 0.05) is 16.4 Å². The van der Waals surface area contributed by atoms with Crippen molar-refractivity contribution in [3.8, 4) is 0 Å². The number of aryl methyl sites for hydroxylation is 1. The molecule has 0 bridgehead atoms. The minimum Gasteiger partial charge on any atom is -0.322 e. The van der Waals surface area contributed by atoms with E-state index in [0.29, 0.717) is 28.5 Å². The Labute approximate surface area is 146 Å². The number of nitrogens with zero attached hydrogens (tertiary/aromatic N) is 2. The molecule has 1 amide bonds. The second kappa shape index (κ2) is 6.89. The highest BCUT2D eigenvalue weighted by atomic mass is 35.5. The zero-order valence-electron chi connectivity index (χ0n) is 13.6. The van der Waals surface area contributed by atoms with Crippen LogP contribution in [0.1, 0.15) is 27.3 Å². The molecule has 0 aliphatic heterocycles. The first-order valence-electron chi connectivity index (χ1n) is 7.69. The van der Waals surface area contributed by atoms with Crippen molar-refractivity contribution in [3.05, 3.63) is 82.1 Å². The van der Waals surface area contributed by atoms with Crippen LogP contribution in [0.2, 0.25) is 5.02 Å². The molecule has 24 heavy (non-hydrogen) atoms. The first-order valence-corrected chi connectivity index (χ1v) is 8.07. The van der Waals surface area contributed by atoms with E-state index in [0.717, 1.165) is 11.3 Å². The van der Waals surface area contributed by atoms with Crippen LogP contribution in [0.25, 0.3) is 0 Å². The third kappa shape index (κ3) is 3.49. The Kier molecular flexibility index (Phi) is 4.67. The van der Waals surface area contributed by atoms with Crippen molar-refractivity contribution in [1.29, 1.82) is 0 Å². The van der Waals surface area contributed by atoms with Gasteiger partial charge in [0.2, 0.25) is 0 Å². The number of amides is 1. The topological polar surface area (TPSA) is 46.9 Å². The highest BCUT2D eigenvalue weighted by Crippen LogP contribution is 2.19. The molecule has 0 spiro atoms. The van der Waals surface area contributed by atoms with Gasteiger partial charge in [-0.2, -0.15) is 5.10 Å². The molecule has 5 heteroatoms. The molecule has 0 fully saturated rings. The van der Waals surface area contributed by atoms with Crippen molar-refractivity contribution in [2.75, 3.05) is 5.32 Å². The Hall–Kier alpha value is -2.59. The lowest BCUT2D eigenvalue weighted by Gasteiger charge is -2.07. The minimum absolute atomic E-state index is 0.174. The lowest BCUT2D eigenvalue weighted by atomic mass is 10.1. The summed E-state index contributed by atoms with van der Waals surface area (Å²) in [5.74, 6) is -0.174. The van der Waals surface area contributed by atoms with Crippen LogP contribution in [0.4, 0.5) is 5.69 Å². The summed E-state index contributed by atoms with van der Waals surface area (Å²) in [5, 5.41) is 7.98. The van der Waals surface area contributed by atoms with E-state index in [9.17, 15) is 4.79 Å². The average molecular weight is 340 g/mol. The molecule has 3 aromatic rings. The van der Waals surface area contributed by atoms with Crippen molar-refractivity contribution in [3.63, 3.8) is 0 Å². The standard InChI is InChI=1S/C19H18ClN3O/c1-13-18(19(24)21-17-10-6-9-16(20)11-17)14(2)23(22-13)12-15-7-4-3-5-8-15/h3-11H,12H2,1-2H3,(H,21,24). The van der Waals surface area contributed by atoms with Gasteiger partial charge in [-0.05, 0) is 37.6 Å². The molecule has 4 nitrogen and oxygen atoms in total. The highest BCUT2D eigenvalue weighted by Gasteiger charge is 2.19. The Morgan fingerprint density at radius 3 is 2.58 bits per heavy atom. The quantitative estimate of drug-likeness (QED) is 0.763. The normalized spacial score (nSPS) is 10.6. The third-order valence-electron chi connectivity index (χ3n) is 3.87. The summed E-state index contributed by atoms with van der Waals surface area (Å²) in [5.41, 5.74) is 3.97. The molecule has 0 aliphatic carbocycles. The summed E-state index contributed by atoms with van der Waals surface area (Å²) in [7, 11) is 0. The molecular weight excluding hydrogens is 322 g/mol. The van der Waals surface area contributed by atoms with Crippen molar-refractivity contribution in [2.24, 2.45) is 0 Å². The maximum absolute atomic E-state index is 12.6. The van der Waals surface area contributed by atoms with E-state index in [4.69, 9.17) is 11.6 Å². The monoisotopic (exact) mass is 339 g/mol. The number of carbonyl (C=O) groups is 1. The fraction of sp³-hybridized carbons (Fsp3) is 0.158. The minimum atomic E-state index is -0.174. The van der Waals surface area contributed by atoms with Gasteiger partial charge in [-0.15, -0.1) is 0 Å². The van der Waals surface area contributed by atoms with Crippen molar-refractivity contribution in [2.45, 2.75) is 20.4 Å². The highest BCUT2D eigenvalue weighted by molar-refractivity contribution is 6.31. The zero-order valence-corrected chi connectivity index (χ0v) is 14.3. The van der Waals surface area contributed by atoms with E-state index in [1.165, 1.54) is 0 Å². The van der Waals surface area contributed by atoms with E-state index < -0.39 is 0 Å². The predicted molar refractivity (Wildman–Crippen MR) is 96.7 cm³/mol.